The van der Waals surface area contributed by atoms with Gasteiger partial charge in [-0.05, 0) is 39.8 Å². The molecule has 0 unspecified atom stereocenters. The van der Waals surface area contributed by atoms with Crippen LogP contribution in [0, 0.1) is 11.3 Å². The normalized spacial score (nSPS) is 12.0. The molecule has 1 N–H and O–H groups in total. The maximum absolute atomic E-state index is 9.95. The van der Waals surface area contributed by atoms with Crippen molar-refractivity contribution in [2.45, 2.75) is 38.9 Å². The topological polar surface area (TPSA) is 53.2 Å². The monoisotopic (exact) mass is 231 g/mol. The second kappa shape index (κ2) is 4.91. The molecule has 90 valence electrons. The number of nitrogens with zero attached hydrogens (tertiary/aromatic N) is 1. The Morgan fingerprint density at radius 1 is 1.29 bits per heavy atom. The molecule has 4 heteroatoms. The van der Waals surface area contributed by atoms with Gasteiger partial charge in [0.25, 0.3) is 0 Å². The SMILES string of the molecule is CC(C)(O)C(C)(C)OBc1cccc(C#N)c1. The van der Waals surface area contributed by atoms with Gasteiger partial charge < -0.3 is 9.76 Å². The zero-order chi connectivity index (χ0) is 13.1. The van der Waals surface area contributed by atoms with Crippen LogP contribution in [-0.2, 0) is 4.65 Å². The Kier molecular flexibility index (Phi) is 3.97. The van der Waals surface area contributed by atoms with E-state index in [1.807, 2.05) is 26.0 Å². The molecule has 0 aliphatic rings. The van der Waals surface area contributed by atoms with Gasteiger partial charge in [-0.2, -0.15) is 5.26 Å². The first-order chi connectivity index (χ1) is 7.76. The van der Waals surface area contributed by atoms with Crippen molar-refractivity contribution in [2.75, 3.05) is 0 Å². The molecule has 0 aliphatic heterocycles. The van der Waals surface area contributed by atoms with Crippen molar-refractivity contribution in [3.8, 4) is 6.07 Å². The van der Waals surface area contributed by atoms with Crippen LogP contribution in [0.2, 0.25) is 0 Å². The van der Waals surface area contributed by atoms with E-state index in [4.69, 9.17) is 9.92 Å². The lowest BCUT2D eigenvalue weighted by atomic mass is 9.82. The summed E-state index contributed by atoms with van der Waals surface area (Å²) < 4.78 is 5.72. The van der Waals surface area contributed by atoms with Crippen LogP contribution >= 0.6 is 0 Å². The first kappa shape index (κ1) is 13.8. The van der Waals surface area contributed by atoms with E-state index >= 15 is 0 Å². The molecule has 0 amide bonds. The highest BCUT2D eigenvalue weighted by Gasteiger charge is 2.35. The number of aliphatic hydroxyl groups is 1. The fourth-order valence-electron chi connectivity index (χ4n) is 1.17. The third-order valence-electron chi connectivity index (χ3n) is 3.13. The molecule has 1 aromatic carbocycles. The van der Waals surface area contributed by atoms with Gasteiger partial charge in [-0.25, -0.2) is 0 Å². The summed E-state index contributed by atoms with van der Waals surface area (Å²) >= 11 is 0. The van der Waals surface area contributed by atoms with Crippen molar-refractivity contribution < 1.29 is 9.76 Å². The Morgan fingerprint density at radius 2 is 1.94 bits per heavy atom. The molecular formula is C13H18BNO2. The van der Waals surface area contributed by atoms with Crippen LogP contribution in [0.5, 0.6) is 0 Å². The second-order valence-corrected chi connectivity index (χ2v) is 5.17. The van der Waals surface area contributed by atoms with Crippen LogP contribution in [-0.4, -0.2) is 23.8 Å². The molecule has 0 spiro atoms. The van der Waals surface area contributed by atoms with Gasteiger partial charge in [0, 0.05) is 0 Å². The van der Waals surface area contributed by atoms with Crippen LogP contribution in [0.4, 0.5) is 0 Å². The minimum atomic E-state index is -0.917. The first-order valence-corrected chi connectivity index (χ1v) is 5.61. The third kappa shape index (κ3) is 3.59. The summed E-state index contributed by atoms with van der Waals surface area (Å²) in [5, 5.41) is 18.7. The number of rotatable bonds is 4. The summed E-state index contributed by atoms with van der Waals surface area (Å²) in [6.07, 6.45) is 0. The highest BCUT2D eigenvalue weighted by atomic mass is 16.5. The molecular weight excluding hydrogens is 213 g/mol. The fourth-order valence-corrected chi connectivity index (χ4v) is 1.17. The van der Waals surface area contributed by atoms with Crippen LogP contribution in [0.1, 0.15) is 33.3 Å². The predicted octanol–water partition coefficient (Wildman–Crippen LogP) is 1.10. The van der Waals surface area contributed by atoms with Gasteiger partial charge >= 0.3 is 7.48 Å². The lowest BCUT2D eigenvalue weighted by molar-refractivity contribution is -0.0893. The molecule has 0 radical (unpaired) electrons. The Morgan fingerprint density at radius 3 is 2.47 bits per heavy atom. The van der Waals surface area contributed by atoms with Crippen molar-refractivity contribution in [2.24, 2.45) is 0 Å². The van der Waals surface area contributed by atoms with Gasteiger partial charge in [-0.1, -0.05) is 17.6 Å². The molecule has 1 rings (SSSR count). The summed E-state index contributed by atoms with van der Waals surface area (Å²) in [5.74, 6) is 0. The van der Waals surface area contributed by atoms with E-state index < -0.39 is 11.2 Å². The molecule has 0 aliphatic carbocycles. The van der Waals surface area contributed by atoms with Gasteiger partial charge in [-0.15, -0.1) is 0 Å². The van der Waals surface area contributed by atoms with Gasteiger partial charge in [0.15, 0.2) is 0 Å². The van der Waals surface area contributed by atoms with E-state index in [9.17, 15) is 5.11 Å². The van der Waals surface area contributed by atoms with E-state index in [0.29, 0.717) is 13.0 Å². The van der Waals surface area contributed by atoms with E-state index in [1.54, 1.807) is 26.0 Å². The minimum absolute atomic E-state index is 0.381. The van der Waals surface area contributed by atoms with E-state index in [1.165, 1.54) is 0 Å². The largest absolute Gasteiger partial charge is 0.427 e. The smallest absolute Gasteiger partial charge is 0.309 e. The van der Waals surface area contributed by atoms with E-state index in [2.05, 4.69) is 6.07 Å². The molecule has 0 atom stereocenters. The van der Waals surface area contributed by atoms with E-state index in [-0.39, 0.29) is 0 Å². The Labute approximate surface area is 103 Å². The number of hydrogen-bond acceptors (Lipinski definition) is 3. The summed E-state index contributed by atoms with van der Waals surface area (Å²) in [5.41, 5.74) is -0.0105. The van der Waals surface area contributed by atoms with Gasteiger partial charge in [0.1, 0.15) is 0 Å². The molecule has 17 heavy (non-hydrogen) atoms. The lowest BCUT2D eigenvalue weighted by Crippen LogP contribution is -2.49. The van der Waals surface area contributed by atoms with Crippen molar-refractivity contribution >= 4 is 12.9 Å². The highest BCUT2D eigenvalue weighted by Crippen LogP contribution is 2.24. The van der Waals surface area contributed by atoms with Gasteiger partial charge in [0.2, 0.25) is 0 Å². The second-order valence-electron chi connectivity index (χ2n) is 5.17. The molecule has 0 saturated carbocycles. The zero-order valence-electron chi connectivity index (χ0n) is 10.8. The average Bonchev–Trinajstić information content (AvgIpc) is 2.25. The highest BCUT2D eigenvalue weighted by molar-refractivity contribution is 6.47. The van der Waals surface area contributed by atoms with Crippen LogP contribution in [0.3, 0.4) is 0 Å². The van der Waals surface area contributed by atoms with Crippen LogP contribution in [0.25, 0.3) is 0 Å². The zero-order valence-corrected chi connectivity index (χ0v) is 10.8. The Hall–Kier alpha value is -1.31. The fraction of sp³-hybridized carbons (Fsp3) is 0.462. The van der Waals surface area contributed by atoms with E-state index in [0.717, 1.165) is 5.46 Å². The Balaban J connectivity index is 2.71. The van der Waals surface area contributed by atoms with Crippen molar-refractivity contribution in [3.05, 3.63) is 29.8 Å². The quantitative estimate of drug-likeness (QED) is 0.789. The number of hydrogen-bond donors (Lipinski definition) is 1. The Bertz CT molecular complexity index is 430. The first-order valence-electron chi connectivity index (χ1n) is 5.61. The number of benzene rings is 1. The molecule has 0 bridgehead atoms. The third-order valence-corrected chi connectivity index (χ3v) is 3.13. The summed E-state index contributed by atoms with van der Waals surface area (Å²) in [4.78, 5) is 0. The summed E-state index contributed by atoms with van der Waals surface area (Å²) in [7, 11) is 0.381. The maximum Gasteiger partial charge on any atom is 0.309 e. The van der Waals surface area contributed by atoms with Crippen molar-refractivity contribution in [1.29, 1.82) is 5.26 Å². The molecule has 0 heterocycles. The molecule has 0 saturated heterocycles. The maximum atomic E-state index is 9.95. The standard InChI is InChI=1S/C13H18BNO2/c1-12(2,16)13(3,4)17-14-11-7-5-6-10(8-11)9-15/h5-8,14,16H,1-4H3. The predicted molar refractivity (Wildman–Crippen MR) is 69.4 cm³/mol. The molecule has 3 nitrogen and oxygen atoms in total. The molecule has 0 fully saturated rings. The van der Waals surface area contributed by atoms with Crippen molar-refractivity contribution in [3.63, 3.8) is 0 Å². The molecule has 1 aromatic rings. The van der Waals surface area contributed by atoms with Crippen molar-refractivity contribution in [1.82, 2.24) is 0 Å². The van der Waals surface area contributed by atoms with Crippen LogP contribution < -0.4 is 5.46 Å². The average molecular weight is 231 g/mol. The van der Waals surface area contributed by atoms with Gasteiger partial charge in [-0.3, -0.25) is 0 Å². The summed E-state index contributed by atoms with van der Waals surface area (Å²) in [6, 6.07) is 9.37. The number of nitriles is 1. The lowest BCUT2D eigenvalue weighted by Gasteiger charge is -2.37. The minimum Gasteiger partial charge on any atom is -0.427 e. The summed E-state index contributed by atoms with van der Waals surface area (Å²) in [6.45, 7) is 7.14. The molecule has 0 aromatic heterocycles. The van der Waals surface area contributed by atoms with Crippen LogP contribution in [0.15, 0.2) is 24.3 Å². The van der Waals surface area contributed by atoms with Gasteiger partial charge in [0.05, 0.1) is 22.8 Å².